The highest BCUT2D eigenvalue weighted by Crippen LogP contribution is 2.45. The second-order valence-electron chi connectivity index (χ2n) is 4.51. The minimum atomic E-state index is 0.703. The van der Waals surface area contributed by atoms with Gasteiger partial charge in [0.2, 0.25) is 0 Å². The SMILES string of the molecule is CC1CCC2(CC1)CN(S)C2. The molecule has 1 heterocycles. The Bertz CT molecular complexity index is 142. The molecule has 0 aromatic heterocycles. The van der Waals surface area contributed by atoms with E-state index in [1.165, 1.54) is 38.8 Å². The van der Waals surface area contributed by atoms with E-state index in [1.54, 1.807) is 0 Å². The molecule has 0 unspecified atom stereocenters. The topological polar surface area (TPSA) is 3.24 Å². The summed E-state index contributed by atoms with van der Waals surface area (Å²) in [7, 11) is 0. The lowest BCUT2D eigenvalue weighted by atomic mass is 9.67. The molecule has 2 heteroatoms. The van der Waals surface area contributed by atoms with Gasteiger partial charge in [0.1, 0.15) is 0 Å². The van der Waals surface area contributed by atoms with Crippen molar-refractivity contribution in [3.63, 3.8) is 0 Å². The van der Waals surface area contributed by atoms with Gasteiger partial charge in [0.25, 0.3) is 0 Å². The van der Waals surface area contributed by atoms with Crippen LogP contribution in [0.1, 0.15) is 32.6 Å². The van der Waals surface area contributed by atoms with Crippen LogP contribution in [0.3, 0.4) is 0 Å². The van der Waals surface area contributed by atoms with Crippen molar-refractivity contribution in [3.8, 4) is 0 Å². The number of nitrogens with zero attached hydrogens (tertiary/aromatic N) is 1. The van der Waals surface area contributed by atoms with Crippen molar-refractivity contribution in [2.24, 2.45) is 11.3 Å². The van der Waals surface area contributed by atoms with Crippen molar-refractivity contribution in [2.45, 2.75) is 32.6 Å². The molecule has 64 valence electrons. The van der Waals surface area contributed by atoms with Crippen LogP contribution in [-0.2, 0) is 0 Å². The van der Waals surface area contributed by atoms with Gasteiger partial charge >= 0.3 is 0 Å². The maximum absolute atomic E-state index is 4.32. The Morgan fingerprint density at radius 2 is 1.82 bits per heavy atom. The van der Waals surface area contributed by atoms with E-state index in [0.717, 1.165) is 5.92 Å². The summed E-state index contributed by atoms with van der Waals surface area (Å²) in [5.74, 6) is 0.981. The summed E-state index contributed by atoms with van der Waals surface area (Å²) in [4.78, 5) is 0. The Balaban J connectivity index is 1.88. The molecule has 1 saturated carbocycles. The van der Waals surface area contributed by atoms with Gasteiger partial charge in [0, 0.05) is 13.1 Å². The van der Waals surface area contributed by atoms with Gasteiger partial charge in [-0.05, 0) is 24.2 Å². The fourth-order valence-electron chi connectivity index (χ4n) is 2.42. The Kier molecular flexibility index (Phi) is 1.92. The first-order chi connectivity index (χ1) is 5.20. The van der Waals surface area contributed by atoms with Gasteiger partial charge in [0.05, 0.1) is 0 Å². The molecule has 1 saturated heterocycles. The van der Waals surface area contributed by atoms with Crippen LogP contribution in [0.2, 0.25) is 0 Å². The predicted octanol–water partition coefficient (Wildman–Crippen LogP) is 2.34. The summed E-state index contributed by atoms with van der Waals surface area (Å²) >= 11 is 4.32. The van der Waals surface area contributed by atoms with Crippen LogP contribution in [-0.4, -0.2) is 17.4 Å². The lowest BCUT2D eigenvalue weighted by molar-refractivity contribution is 0.0261. The molecule has 0 radical (unpaired) electrons. The highest BCUT2D eigenvalue weighted by molar-refractivity contribution is 7.77. The normalized spacial score (nSPS) is 32.2. The second kappa shape index (κ2) is 2.67. The molecule has 0 bridgehead atoms. The van der Waals surface area contributed by atoms with E-state index in [-0.39, 0.29) is 0 Å². The van der Waals surface area contributed by atoms with Crippen molar-refractivity contribution in [1.29, 1.82) is 0 Å². The van der Waals surface area contributed by atoms with Gasteiger partial charge in [-0.1, -0.05) is 32.6 Å². The summed E-state index contributed by atoms with van der Waals surface area (Å²) in [5.41, 5.74) is 0.703. The van der Waals surface area contributed by atoms with Crippen LogP contribution < -0.4 is 0 Å². The van der Waals surface area contributed by atoms with Crippen LogP contribution in [0.5, 0.6) is 0 Å². The van der Waals surface area contributed by atoms with Crippen LogP contribution in [0.15, 0.2) is 0 Å². The third-order valence-electron chi connectivity index (χ3n) is 3.37. The fraction of sp³-hybridized carbons (Fsp3) is 1.00. The highest BCUT2D eigenvalue weighted by atomic mass is 32.1. The molecule has 11 heavy (non-hydrogen) atoms. The van der Waals surface area contributed by atoms with Crippen LogP contribution in [0.25, 0.3) is 0 Å². The molecular weight excluding hydrogens is 154 g/mol. The third kappa shape index (κ3) is 1.43. The first-order valence-electron chi connectivity index (χ1n) is 4.64. The molecule has 2 rings (SSSR count). The average Bonchev–Trinajstić information content (AvgIpc) is 1.92. The lowest BCUT2D eigenvalue weighted by Gasteiger charge is -2.51. The van der Waals surface area contributed by atoms with Crippen molar-refractivity contribution in [2.75, 3.05) is 13.1 Å². The zero-order valence-electron chi connectivity index (χ0n) is 7.21. The summed E-state index contributed by atoms with van der Waals surface area (Å²) in [6, 6.07) is 0. The van der Waals surface area contributed by atoms with Crippen molar-refractivity contribution < 1.29 is 0 Å². The van der Waals surface area contributed by atoms with Gasteiger partial charge in [-0.2, -0.15) is 0 Å². The molecule has 2 fully saturated rings. The van der Waals surface area contributed by atoms with E-state index < -0.39 is 0 Å². The fourth-order valence-corrected chi connectivity index (χ4v) is 3.02. The van der Waals surface area contributed by atoms with Gasteiger partial charge < -0.3 is 0 Å². The smallest absolute Gasteiger partial charge is 0.0156 e. The van der Waals surface area contributed by atoms with E-state index in [9.17, 15) is 0 Å². The third-order valence-corrected chi connectivity index (χ3v) is 3.65. The van der Waals surface area contributed by atoms with E-state index in [0.29, 0.717) is 5.41 Å². The largest absolute Gasteiger partial charge is 0.252 e. The number of hydrogen-bond donors (Lipinski definition) is 1. The quantitative estimate of drug-likeness (QED) is 0.548. The zero-order chi connectivity index (χ0) is 7.90. The molecule has 1 aliphatic heterocycles. The number of hydrogen-bond acceptors (Lipinski definition) is 2. The molecular formula is C9H17NS. The maximum atomic E-state index is 4.32. The van der Waals surface area contributed by atoms with Crippen molar-refractivity contribution in [1.82, 2.24) is 4.31 Å². The molecule has 0 aromatic rings. The van der Waals surface area contributed by atoms with Gasteiger partial charge in [-0.3, -0.25) is 4.31 Å². The summed E-state index contributed by atoms with van der Waals surface area (Å²) in [5, 5.41) is 0. The van der Waals surface area contributed by atoms with Crippen molar-refractivity contribution in [3.05, 3.63) is 0 Å². The minimum Gasteiger partial charge on any atom is -0.252 e. The molecule has 2 aliphatic rings. The molecule has 1 nitrogen and oxygen atoms in total. The molecule has 0 aromatic carbocycles. The van der Waals surface area contributed by atoms with Gasteiger partial charge in [-0.25, -0.2) is 0 Å². The van der Waals surface area contributed by atoms with E-state index in [4.69, 9.17) is 0 Å². The standard InChI is InChI=1S/C9H17NS/c1-8-2-4-9(5-3-8)6-10(11)7-9/h8,11H,2-7H2,1H3. The first-order valence-corrected chi connectivity index (χ1v) is 5.04. The summed E-state index contributed by atoms with van der Waals surface area (Å²) in [6.45, 7) is 4.86. The Labute approximate surface area is 74.7 Å². The number of rotatable bonds is 0. The molecule has 0 amide bonds. The molecule has 0 N–H and O–H groups in total. The lowest BCUT2D eigenvalue weighted by Crippen LogP contribution is -2.53. The number of thiol groups is 1. The Hall–Kier alpha value is 0.310. The monoisotopic (exact) mass is 171 g/mol. The van der Waals surface area contributed by atoms with E-state index in [2.05, 4.69) is 24.0 Å². The van der Waals surface area contributed by atoms with Crippen LogP contribution >= 0.6 is 12.8 Å². The summed E-state index contributed by atoms with van der Waals surface area (Å²) < 4.78 is 2.15. The Morgan fingerprint density at radius 1 is 1.27 bits per heavy atom. The predicted molar refractivity (Wildman–Crippen MR) is 50.6 cm³/mol. The summed E-state index contributed by atoms with van der Waals surface area (Å²) in [6.07, 6.45) is 5.79. The van der Waals surface area contributed by atoms with Gasteiger partial charge in [-0.15, -0.1) is 0 Å². The maximum Gasteiger partial charge on any atom is 0.0156 e. The minimum absolute atomic E-state index is 0.703. The second-order valence-corrected chi connectivity index (χ2v) is 5.07. The molecule has 1 spiro atoms. The Morgan fingerprint density at radius 3 is 2.27 bits per heavy atom. The zero-order valence-corrected chi connectivity index (χ0v) is 8.11. The van der Waals surface area contributed by atoms with E-state index in [1.807, 2.05) is 0 Å². The highest BCUT2D eigenvalue weighted by Gasteiger charge is 2.43. The first kappa shape index (κ1) is 7.93. The van der Waals surface area contributed by atoms with E-state index >= 15 is 0 Å². The molecule has 1 aliphatic carbocycles. The van der Waals surface area contributed by atoms with Gasteiger partial charge in [0.15, 0.2) is 0 Å². The van der Waals surface area contributed by atoms with Crippen LogP contribution in [0.4, 0.5) is 0 Å². The average molecular weight is 171 g/mol. The van der Waals surface area contributed by atoms with Crippen molar-refractivity contribution >= 4 is 12.8 Å². The molecule has 0 atom stereocenters. The van der Waals surface area contributed by atoms with Crippen LogP contribution in [0, 0.1) is 11.3 Å².